The molecule has 0 amide bonds. The molecule has 0 aliphatic rings. The van der Waals surface area contributed by atoms with E-state index in [2.05, 4.69) is 10.6 Å². The zero-order valence-electron chi connectivity index (χ0n) is 18.0. The smallest absolute Gasteiger partial charge is 0.340 e. The number of esters is 2. The van der Waals surface area contributed by atoms with Gasteiger partial charge >= 0.3 is 11.9 Å². The maximum absolute atomic E-state index is 12.5. The van der Waals surface area contributed by atoms with E-state index in [4.69, 9.17) is 9.47 Å². The molecule has 156 valence electrons. The van der Waals surface area contributed by atoms with Gasteiger partial charge in [0, 0.05) is 23.5 Å². The molecule has 0 saturated carbocycles. The molecule has 0 bridgehead atoms. The van der Waals surface area contributed by atoms with Crippen LogP contribution < -0.4 is 10.6 Å². The van der Waals surface area contributed by atoms with Gasteiger partial charge in [-0.1, -0.05) is 24.3 Å². The number of hydrogen-bond acceptors (Lipinski definition) is 6. The Labute approximate surface area is 172 Å². The van der Waals surface area contributed by atoms with Crippen LogP contribution in [-0.4, -0.2) is 38.2 Å². The zero-order valence-corrected chi connectivity index (χ0v) is 18.0. The van der Waals surface area contributed by atoms with Crippen molar-refractivity contribution in [3.8, 4) is 0 Å². The van der Waals surface area contributed by atoms with Crippen LogP contribution in [0, 0.1) is 0 Å². The molecule has 0 radical (unpaired) electrons. The van der Waals surface area contributed by atoms with Crippen molar-refractivity contribution in [3.05, 3.63) is 58.7 Å². The van der Waals surface area contributed by atoms with E-state index < -0.39 is 11.9 Å². The number of methoxy groups -OCH3 is 2. The predicted molar refractivity (Wildman–Crippen MR) is 116 cm³/mol. The highest BCUT2D eigenvalue weighted by atomic mass is 16.5. The molecule has 0 saturated heterocycles. The van der Waals surface area contributed by atoms with Crippen LogP contribution in [-0.2, 0) is 15.9 Å². The molecule has 0 fully saturated rings. The number of hydrogen-bond donors (Lipinski definition) is 2. The van der Waals surface area contributed by atoms with E-state index in [-0.39, 0.29) is 12.1 Å². The summed E-state index contributed by atoms with van der Waals surface area (Å²) in [5.74, 6) is -0.834. The molecule has 2 aromatic rings. The van der Waals surface area contributed by atoms with Crippen LogP contribution in [0.4, 0.5) is 11.4 Å². The Hall–Kier alpha value is -3.02. The number of rotatable bonds is 8. The average molecular weight is 399 g/mol. The first-order chi connectivity index (χ1) is 13.8. The standard InChI is InChI=1S/C23H30N2O4/c1-14(2)24-18-11-7-9-16(20(18)22(26)28-5)13-17-10-8-12-19(25-15(3)4)21(17)23(27)29-6/h7-12,14-15,24-25H,13H2,1-6H3. The van der Waals surface area contributed by atoms with Crippen molar-refractivity contribution in [2.75, 3.05) is 24.9 Å². The van der Waals surface area contributed by atoms with E-state index >= 15 is 0 Å². The number of carbonyl (C=O) groups excluding carboxylic acids is 2. The summed E-state index contributed by atoms with van der Waals surface area (Å²) in [6.07, 6.45) is 0.385. The number of benzene rings is 2. The van der Waals surface area contributed by atoms with Gasteiger partial charge in [0.2, 0.25) is 0 Å². The topological polar surface area (TPSA) is 76.7 Å². The largest absolute Gasteiger partial charge is 0.465 e. The van der Waals surface area contributed by atoms with E-state index in [9.17, 15) is 9.59 Å². The van der Waals surface area contributed by atoms with Gasteiger partial charge in [-0.3, -0.25) is 0 Å². The molecule has 6 heteroatoms. The second-order valence-electron chi connectivity index (χ2n) is 7.44. The Kier molecular flexibility index (Phi) is 7.65. The Morgan fingerprint density at radius 1 is 0.759 bits per heavy atom. The molecule has 2 rings (SSSR count). The summed E-state index contributed by atoms with van der Waals surface area (Å²) in [4.78, 5) is 25.1. The maximum atomic E-state index is 12.5. The normalized spacial score (nSPS) is 10.8. The lowest BCUT2D eigenvalue weighted by atomic mass is 9.94. The summed E-state index contributed by atoms with van der Waals surface area (Å²) < 4.78 is 10.1. The van der Waals surface area contributed by atoms with Crippen LogP contribution in [0.15, 0.2) is 36.4 Å². The quantitative estimate of drug-likeness (QED) is 0.638. The lowest BCUT2D eigenvalue weighted by Gasteiger charge is -2.19. The first-order valence-corrected chi connectivity index (χ1v) is 9.71. The third-order valence-corrected chi connectivity index (χ3v) is 4.35. The number of carbonyl (C=O) groups is 2. The molecule has 2 aromatic carbocycles. The highest BCUT2D eigenvalue weighted by Crippen LogP contribution is 2.28. The van der Waals surface area contributed by atoms with Gasteiger partial charge in [-0.2, -0.15) is 0 Å². The highest BCUT2D eigenvalue weighted by molar-refractivity contribution is 5.99. The molecule has 0 unspecified atom stereocenters. The molecule has 0 aliphatic heterocycles. The minimum Gasteiger partial charge on any atom is -0.465 e. The second-order valence-corrected chi connectivity index (χ2v) is 7.44. The Balaban J connectivity index is 2.59. The molecule has 0 heterocycles. The summed E-state index contributed by atoms with van der Waals surface area (Å²) in [7, 11) is 2.73. The zero-order chi connectivity index (χ0) is 21.6. The lowest BCUT2D eigenvalue weighted by molar-refractivity contribution is 0.0593. The SMILES string of the molecule is COC(=O)c1c(Cc2cccc(NC(C)C)c2C(=O)OC)cccc1NC(C)C. The van der Waals surface area contributed by atoms with Crippen molar-refractivity contribution >= 4 is 23.3 Å². The first kappa shape index (κ1) is 22.3. The molecular weight excluding hydrogens is 368 g/mol. The third kappa shape index (κ3) is 5.50. The van der Waals surface area contributed by atoms with Gasteiger partial charge in [-0.05, 0) is 57.4 Å². The van der Waals surface area contributed by atoms with Crippen LogP contribution in [0.5, 0.6) is 0 Å². The number of anilines is 2. The minimum atomic E-state index is -0.417. The van der Waals surface area contributed by atoms with E-state index in [1.54, 1.807) is 0 Å². The van der Waals surface area contributed by atoms with Crippen LogP contribution >= 0.6 is 0 Å². The van der Waals surface area contributed by atoms with Crippen LogP contribution in [0.1, 0.15) is 59.5 Å². The lowest BCUT2D eigenvalue weighted by Crippen LogP contribution is -2.18. The van der Waals surface area contributed by atoms with Gasteiger partial charge in [-0.15, -0.1) is 0 Å². The van der Waals surface area contributed by atoms with Gasteiger partial charge in [-0.25, -0.2) is 9.59 Å². The van der Waals surface area contributed by atoms with Crippen LogP contribution in [0.3, 0.4) is 0 Å². The summed E-state index contributed by atoms with van der Waals surface area (Å²) in [5.41, 5.74) is 3.91. The van der Waals surface area contributed by atoms with E-state index in [1.807, 2.05) is 64.1 Å². The van der Waals surface area contributed by atoms with Crippen molar-refractivity contribution in [3.63, 3.8) is 0 Å². The van der Waals surface area contributed by atoms with Crippen molar-refractivity contribution in [1.29, 1.82) is 0 Å². The molecular formula is C23H30N2O4. The first-order valence-electron chi connectivity index (χ1n) is 9.71. The van der Waals surface area contributed by atoms with Crippen molar-refractivity contribution in [1.82, 2.24) is 0 Å². The summed E-state index contributed by atoms with van der Waals surface area (Å²) in [6.45, 7) is 8.02. The summed E-state index contributed by atoms with van der Waals surface area (Å²) >= 11 is 0. The Morgan fingerprint density at radius 2 is 1.14 bits per heavy atom. The van der Waals surface area contributed by atoms with Crippen molar-refractivity contribution in [2.45, 2.75) is 46.2 Å². The van der Waals surface area contributed by atoms with Gasteiger partial charge in [0.1, 0.15) is 0 Å². The van der Waals surface area contributed by atoms with Gasteiger partial charge in [0.15, 0.2) is 0 Å². The Bertz CT molecular complexity index is 804. The molecule has 0 spiro atoms. The van der Waals surface area contributed by atoms with E-state index in [1.165, 1.54) is 14.2 Å². The molecule has 6 nitrogen and oxygen atoms in total. The molecule has 29 heavy (non-hydrogen) atoms. The Morgan fingerprint density at radius 3 is 1.45 bits per heavy atom. The van der Waals surface area contributed by atoms with Gasteiger partial charge in [0.25, 0.3) is 0 Å². The minimum absolute atomic E-state index is 0.151. The van der Waals surface area contributed by atoms with Gasteiger partial charge < -0.3 is 20.1 Å². The van der Waals surface area contributed by atoms with Crippen LogP contribution in [0.2, 0.25) is 0 Å². The molecule has 0 aliphatic carbocycles. The number of nitrogens with one attached hydrogen (secondary N) is 2. The number of ether oxygens (including phenoxy) is 2. The second kappa shape index (κ2) is 9.96. The summed E-state index contributed by atoms with van der Waals surface area (Å²) in [5, 5.41) is 6.59. The molecule has 0 aromatic heterocycles. The highest BCUT2D eigenvalue weighted by Gasteiger charge is 2.22. The monoisotopic (exact) mass is 398 g/mol. The van der Waals surface area contributed by atoms with E-state index in [0.29, 0.717) is 28.9 Å². The van der Waals surface area contributed by atoms with Crippen molar-refractivity contribution in [2.24, 2.45) is 0 Å². The predicted octanol–water partition coefficient (Wildman–Crippen LogP) is 4.49. The fraction of sp³-hybridized carbons (Fsp3) is 0.391. The molecule has 0 atom stereocenters. The van der Waals surface area contributed by atoms with Gasteiger partial charge in [0.05, 0.1) is 25.3 Å². The fourth-order valence-corrected chi connectivity index (χ4v) is 3.25. The third-order valence-electron chi connectivity index (χ3n) is 4.35. The van der Waals surface area contributed by atoms with E-state index in [0.717, 1.165) is 11.1 Å². The van der Waals surface area contributed by atoms with Crippen LogP contribution in [0.25, 0.3) is 0 Å². The fourth-order valence-electron chi connectivity index (χ4n) is 3.25. The summed E-state index contributed by atoms with van der Waals surface area (Å²) in [6, 6.07) is 11.5. The molecule has 2 N–H and O–H groups in total. The maximum Gasteiger partial charge on any atom is 0.340 e. The van der Waals surface area contributed by atoms with Crippen molar-refractivity contribution < 1.29 is 19.1 Å². The average Bonchev–Trinajstić information content (AvgIpc) is 2.66.